The minimum absolute atomic E-state index is 0.163. The van der Waals surface area contributed by atoms with Crippen LogP contribution in [0.2, 0.25) is 0 Å². The molecule has 0 saturated heterocycles. The molecule has 0 fully saturated rings. The summed E-state index contributed by atoms with van der Waals surface area (Å²) in [6.45, 7) is -0.0188. The van der Waals surface area contributed by atoms with Crippen LogP contribution in [0.3, 0.4) is 0 Å². The van der Waals surface area contributed by atoms with Crippen LogP contribution < -0.4 is 39.1 Å². The molecule has 0 aromatic heterocycles. The molecule has 18 heteroatoms. The fourth-order valence-electron chi connectivity index (χ4n) is 6.70. The first kappa shape index (κ1) is 41.7. The predicted octanol–water partition coefficient (Wildman–Crippen LogP) is 6.30. The predicted molar refractivity (Wildman–Crippen MR) is 192 cm³/mol. The zero-order valence-electron chi connectivity index (χ0n) is 31.5. The highest BCUT2D eigenvalue weighted by atomic mass is 19.4. The molecule has 2 aliphatic heterocycles. The average Bonchev–Trinajstić information content (AvgIpc) is 3.47. The normalized spacial score (nSPS) is 19.3. The SMILES string of the molecule is COc1cc2c(cc1OC)C(OC(=O)C(=O)OC1(Oc3ccc(C(F)(F)F)cc3)CNCCc3cc(OC)c(OC)cc31)(Oc1ccc(C(F)(F)F)cc1)CNCC2. The molecular formula is C40H38F6N2O10. The van der Waals surface area contributed by atoms with Gasteiger partial charge in [0.15, 0.2) is 23.0 Å². The highest BCUT2D eigenvalue weighted by molar-refractivity contribution is 6.30. The van der Waals surface area contributed by atoms with Crippen molar-refractivity contribution >= 4 is 11.9 Å². The minimum Gasteiger partial charge on any atom is -0.493 e. The van der Waals surface area contributed by atoms with E-state index in [1.54, 1.807) is 12.1 Å². The number of alkyl halides is 6. The van der Waals surface area contributed by atoms with E-state index in [1.165, 1.54) is 40.6 Å². The molecule has 0 spiro atoms. The average molecular weight is 821 g/mol. The van der Waals surface area contributed by atoms with Gasteiger partial charge in [0.05, 0.1) is 52.7 Å². The van der Waals surface area contributed by atoms with Gasteiger partial charge in [-0.15, -0.1) is 0 Å². The Morgan fingerprint density at radius 2 is 0.862 bits per heavy atom. The van der Waals surface area contributed by atoms with E-state index in [2.05, 4.69) is 10.6 Å². The second-order valence-corrected chi connectivity index (χ2v) is 13.1. The van der Waals surface area contributed by atoms with Crippen molar-refractivity contribution in [3.63, 3.8) is 0 Å². The van der Waals surface area contributed by atoms with Gasteiger partial charge in [-0.05, 0) is 110 Å². The van der Waals surface area contributed by atoms with Gasteiger partial charge < -0.3 is 48.5 Å². The van der Waals surface area contributed by atoms with Crippen LogP contribution in [0.15, 0.2) is 72.8 Å². The molecule has 0 aliphatic carbocycles. The van der Waals surface area contributed by atoms with Gasteiger partial charge in [-0.2, -0.15) is 26.3 Å². The zero-order chi connectivity index (χ0) is 41.9. The third-order valence-electron chi connectivity index (χ3n) is 9.51. The highest BCUT2D eigenvalue weighted by Crippen LogP contribution is 2.43. The summed E-state index contributed by atoms with van der Waals surface area (Å²) in [5.41, 5.74) is -0.563. The summed E-state index contributed by atoms with van der Waals surface area (Å²) in [6.07, 6.45) is -8.67. The molecule has 2 unspecified atom stereocenters. The largest absolute Gasteiger partial charge is 0.493 e. The number of hydrogen-bond acceptors (Lipinski definition) is 12. The molecule has 2 aliphatic rings. The summed E-state index contributed by atoms with van der Waals surface area (Å²) in [4.78, 5) is 28.4. The number of nitrogens with one attached hydrogen (secondary N) is 2. The Labute approximate surface area is 328 Å². The second kappa shape index (κ2) is 16.5. The van der Waals surface area contributed by atoms with Crippen LogP contribution in [0.1, 0.15) is 33.4 Å². The van der Waals surface area contributed by atoms with Crippen molar-refractivity contribution in [2.75, 3.05) is 54.6 Å². The molecule has 2 N–H and O–H groups in total. The van der Waals surface area contributed by atoms with Crippen LogP contribution in [0, 0.1) is 0 Å². The Balaban J connectivity index is 1.43. The Morgan fingerprint density at radius 3 is 1.17 bits per heavy atom. The van der Waals surface area contributed by atoms with E-state index in [-0.39, 0.29) is 47.2 Å². The highest BCUT2D eigenvalue weighted by Gasteiger charge is 2.49. The molecule has 4 aromatic carbocycles. The number of methoxy groups -OCH3 is 4. The summed E-state index contributed by atoms with van der Waals surface area (Å²) in [5, 5.41) is 6.17. The molecule has 0 radical (unpaired) electrons. The van der Waals surface area contributed by atoms with Crippen LogP contribution in [-0.2, 0) is 55.8 Å². The number of halogens is 6. The van der Waals surface area contributed by atoms with Crippen molar-refractivity contribution in [2.45, 2.75) is 36.8 Å². The lowest BCUT2D eigenvalue weighted by molar-refractivity contribution is -0.226. The van der Waals surface area contributed by atoms with Gasteiger partial charge in [-0.1, -0.05) is 0 Å². The molecule has 0 bridgehead atoms. The number of fused-ring (bicyclic) bond motifs is 2. The molecular weight excluding hydrogens is 782 g/mol. The van der Waals surface area contributed by atoms with Crippen LogP contribution >= 0.6 is 0 Å². The Hall–Kier alpha value is -5.88. The first-order valence-corrected chi connectivity index (χ1v) is 17.7. The van der Waals surface area contributed by atoms with Crippen molar-refractivity contribution < 1.29 is 73.8 Å². The monoisotopic (exact) mass is 820 g/mol. The molecule has 310 valence electrons. The first-order valence-electron chi connectivity index (χ1n) is 17.7. The maximum atomic E-state index is 14.2. The van der Waals surface area contributed by atoms with Gasteiger partial charge in [0.2, 0.25) is 0 Å². The molecule has 2 heterocycles. The number of esters is 2. The molecule has 58 heavy (non-hydrogen) atoms. The minimum atomic E-state index is -4.66. The maximum absolute atomic E-state index is 14.2. The van der Waals surface area contributed by atoms with Gasteiger partial charge in [0.1, 0.15) is 11.5 Å². The second-order valence-electron chi connectivity index (χ2n) is 13.1. The lowest BCUT2D eigenvalue weighted by Crippen LogP contribution is -2.50. The van der Waals surface area contributed by atoms with Crippen LogP contribution in [-0.4, -0.2) is 66.6 Å². The summed E-state index contributed by atoms with van der Waals surface area (Å²) in [5.74, 6) is -7.08. The number of hydrogen-bond donors (Lipinski definition) is 2. The Kier molecular flexibility index (Phi) is 11.9. The van der Waals surface area contributed by atoms with Gasteiger partial charge in [-0.3, -0.25) is 0 Å². The third kappa shape index (κ3) is 8.67. The Morgan fingerprint density at radius 1 is 0.534 bits per heavy atom. The van der Waals surface area contributed by atoms with Crippen molar-refractivity contribution in [1.29, 1.82) is 0 Å². The fourth-order valence-corrected chi connectivity index (χ4v) is 6.70. The number of ether oxygens (including phenoxy) is 8. The van der Waals surface area contributed by atoms with Crippen molar-refractivity contribution in [3.8, 4) is 34.5 Å². The number of rotatable bonds is 10. The molecule has 0 amide bonds. The maximum Gasteiger partial charge on any atom is 0.421 e. The summed E-state index contributed by atoms with van der Waals surface area (Å²) in [7, 11) is 5.55. The molecule has 12 nitrogen and oxygen atoms in total. The zero-order valence-corrected chi connectivity index (χ0v) is 31.5. The van der Waals surface area contributed by atoms with E-state index < -0.39 is 47.0 Å². The van der Waals surface area contributed by atoms with E-state index in [4.69, 9.17) is 37.9 Å². The third-order valence-corrected chi connectivity index (χ3v) is 9.51. The molecule has 0 saturated carbocycles. The number of carbonyl (C=O) groups excluding carboxylic acids is 2. The van der Waals surface area contributed by atoms with E-state index in [9.17, 15) is 35.9 Å². The molecule has 4 aromatic rings. The van der Waals surface area contributed by atoms with Crippen LogP contribution in [0.4, 0.5) is 26.3 Å². The topological polar surface area (TPSA) is 132 Å². The summed E-state index contributed by atoms with van der Waals surface area (Å²) >= 11 is 0. The van der Waals surface area contributed by atoms with E-state index in [0.717, 1.165) is 48.5 Å². The summed E-state index contributed by atoms with van der Waals surface area (Å²) in [6, 6.07) is 13.4. The molecule has 2 atom stereocenters. The van der Waals surface area contributed by atoms with Gasteiger partial charge in [0, 0.05) is 11.1 Å². The first-order chi connectivity index (χ1) is 27.5. The summed E-state index contributed by atoms with van der Waals surface area (Å²) < 4.78 is 127. The van der Waals surface area contributed by atoms with Crippen molar-refractivity contribution in [3.05, 3.63) is 106 Å². The lowest BCUT2D eigenvalue weighted by atomic mass is 9.96. The fraction of sp³-hybridized carbons (Fsp3) is 0.350. The van der Waals surface area contributed by atoms with Crippen LogP contribution in [0.5, 0.6) is 34.5 Å². The Bertz CT molecular complexity index is 1980. The lowest BCUT2D eigenvalue weighted by Gasteiger charge is -2.36. The van der Waals surface area contributed by atoms with E-state index >= 15 is 0 Å². The van der Waals surface area contributed by atoms with E-state index in [1.807, 2.05) is 0 Å². The molecule has 6 rings (SSSR count). The van der Waals surface area contributed by atoms with E-state index in [0.29, 0.717) is 48.6 Å². The van der Waals surface area contributed by atoms with Crippen molar-refractivity contribution in [2.24, 2.45) is 0 Å². The number of benzene rings is 4. The number of carbonyl (C=O) groups is 2. The van der Waals surface area contributed by atoms with Gasteiger partial charge in [0.25, 0.3) is 11.6 Å². The van der Waals surface area contributed by atoms with Crippen molar-refractivity contribution in [1.82, 2.24) is 10.6 Å². The van der Waals surface area contributed by atoms with Gasteiger partial charge in [-0.25, -0.2) is 9.59 Å². The smallest absolute Gasteiger partial charge is 0.421 e. The quantitative estimate of drug-likeness (QED) is 0.0806. The van der Waals surface area contributed by atoms with Gasteiger partial charge >= 0.3 is 24.3 Å². The standard InChI is InChI=1S/C40H38F6N2O10/c1-51-31-17-23-13-15-47-21-37(29(23)19-33(31)53-3,55-27-9-5-25(6-10-27)39(41,42)43)57-35(49)36(50)58-38(56-28-11-7-26(8-12-28)40(44,45)46)22-48-16-14-24-18-32(52-2)34(54-4)20-30(24)38/h5-12,17-20,47-48H,13-16,21-22H2,1-4H3. The van der Waals surface area contributed by atoms with Crippen LogP contribution in [0.25, 0.3) is 0 Å².